The number of amides is 1. The van der Waals surface area contributed by atoms with E-state index in [0.717, 1.165) is 5.69 Å². The van der Waals surface area contributed by atoms with Gasteiger partial charge >= 0.3 is 0 Å². The molecule has 0 radical (unpaired) electrons. The fraction of sp³-hybridized carbons (Fsp3) is 0.188. The molecule has 0 bridgehead atoms. The lowest BCUT2D eigenvalue weighted by molar-refractivity contribution is 0.0740. The normalized spacial score (nSPS) is 11.8. The Kier molecular flexibility index (Phi) is 4.55. The molecule has 2 aromatic rings. The van der Waals surface area contributed by atoms with Crippen LogP contribution in [0.1, 0.15) is 28.9 Å². The third kappa shape index (κ3) is 3.20. The van der Waals surface area contributed by atoms with E-state index in [1.807, 2.05) is 0 Å². The van der Waals surface area contributed by atoms with Gasteiger partial charge in [-0.3, -0.25) is 10.6 Å². The number of carbonyl (C=O) groups excluding carboxylic acids is 1. The zero-order valence-electron chi connectivity index (χ0n) is 12.0. The van der Waals surface area contributed by atoms with Crippen LogP contribution in [0.25, 0.3) is 0 Å². The van der Waals surface area contributed by atoms with Gasteiger partial charge in [0, 0.05) is 23.9 Å². The molecule has 2 rings (SSSR count). The molecule has 0 aliphatic heterocycles. The molecule has 0 saturated carbocycles. The molecular formula is C16H18FN3O. The molecular weight excluding hydrogens is 269 g/mol. The first-order valence-corrected chi connectivity index (χ1v) is 6.63. The lowest BCUT2D eigenvalue weighted by Gasteiger charge is -2.25. The number of anilines is 1. The number of hydrazine groups is 1. The average Bonchev–Trinajstić information content (AvgIpc) is 2.53. The maximum atomic E-state index is 13.8. The van der Waals surface area contributed by atoms with Crippen molar-refractivity contribution in [3.63, 3.8) is 0 Å². The number of benzene rings is 2. The molecule has 0 heterocycles. The van der Waals surface area contributed by atoms with Crippen LogP contribution in [-0.2, 0) is 0 Å². The molecule has 0 aliphatic rings. The van der Waals surface area contributed by atoms with Gasteiger partial charge in [0.15, 0.2) is 0 Å². The van der Waals surface area contributed by atoms with Crippen LogP contribution in [0.2, 0.25) is 0 Å². The number of nitrogens with zero attached hydrogens (tertiary/aromatic N) is 1. The van der Waals surface area contributed by atoms with Gasteiger partial charge in [0.25, 0.3) is 5.91 Å². The summed E-state index contributed by atoms with van der Waals surface area (Å²) in [4.78, 5) is 13.9. The number of rotatable bonds is 4. The second-order valence-electron chi connectivity index (χ2n) is 4.84. The SMILES string of the molecule is CC(c1ccccc1F)N(C)C(=O)c1ccc(NN)cc1. The number of nitrogens with two attached hydrogens (primary N) is 1. The van der Waals surface area contributed by atoms with Gasteiger partial charge in [-0.05, 0) is 37.3 Å². The lowest BCUT2D eigenvalue weighted by Crippen LogP contribution is -2.30. The lowest BCUT2D eigenvalue weighted by atomic mass is 10.1. The van der Waals surface area contributed by atoms with Gasteiger partial charge in [-0.2, -0.15) is 0 Å². The molecule has 5 heteroatoms. The van der Waals surface area contributed by atoms with Gasteiger partial charge in [-0.25, -0.2) is 4.39 Å². The zero-order chi connectivity index (χ0) is 15.4. The van der Waals surface area contributed by atoms with Crippen LogP contribution in [0.5, 0.6) is 0 Å². The maximum absolute atomic E-state index is 13.8. The molecule has 0 aromatic heterocycles. The van der Waals surface area contributed by atoms with Crippen molar-refractivity contribution in [2.24, 2.45) is 5.84 Å². The second-order valence-corrected chi connectivity index (χ2v) is 4.84. The van der Waals surface area contributed by atoms with E-state index in [2.05, 4.69) is 5.43 Å². The van der Waals surface area contributed by atoms with E-state index in [1.54, 1.807) is 56.4 Å². The summed E-state index contributed by atoms with van der Waals surface area (Å²) in [5.74, 6) is 4.81. The van der Waals surface area contributed by atoms with Crippen molar-refractivity contribution in [3.05, 3.63) is 65.5 Å². The Morgan fingerprint density at radius 2 is 1.81 bits per heavy atom. The molecule has 110 valence electrons. The van der Waals surface area contributed by atoms with Crippen LogP contribution >= 0.6 is 0 Å². The minimum Gasteiger partial charge on any atom is -0.335 e. The zero-order valence-corrected chi connectivity index (χ0v) is 12.0. The average molecular weight is 287 g/mol. The molecule has 1 unspecified atom stereocenters. The van der Waals surface area contributed by atoms with Gasteiger partial charge in [0.1, 0.15) is 5.82 Å². The minimum absolute atomic E-state index is 0.172. The van der Waals surface area contributed by atoms with Crippen LogP contribution in [0, 0.1) is 5.82 Å². The molecule has 1 amide bonds. The fourth-order valence-electron chi connectivity index (χ4n) is 2.11. The standard InChI is InChI=1S/C16H18FN3O/c1-11(14-5-3-4-6-15(14)17)20(2)16(21)12-7-9-13(19-18)10-8-12/h3-11,19H,18H2,1-2H3. The van der Waals surface area contributed by atoms with E-state index in [0.29, 0.717) is 11.1 Å². The predicted molar refractivity (Wildman–Crippen MR) is 81.2 cm³/mol. The number of carbonyl (C=O) groups is 1. The minimum atomic E-state index is -0.356. The number of halogens is 1. The molecule has 4 nitrogen and oxygen atoms in total. The van der Waals surface area contributed by atoms with Crippen molar-refractivity contribution >= 4 is 11.6 Å². The van der Waals surface area contributed by atoms with Crippen molar-refractivity contribution in [3.8, 4) is 0 Å². The molecule has 0 spiro atoms. The van der Waals surface area contributed by atoms with E-state index >= 15 is 0 Å². The van der Waals surface area contributed by atoms with Gasteiger partial charge in [-0.15, -0.1) is 0 Å². The smallest absolute Gasteiger partial charge is 0.254 e. The molecule has 21 heavy (non-hydrogen) atoms. The third-order valence-corrected chi connectivity index (χ3v) is 3.56. The Bertz CT molecular complexity index is 628. The number of nitrogens with one attached hydrogen (secondary N) is 1. The topological polar surface area (TPSA) is 58.4 Å². The first-order chi connectivity index (χ1) is 10.0. The highest BCUT2D eigenvalue weighted by atomic mass is 19.1. The van der Waals surface area contributed by atoms with Crippen LogP contribution in [-0.4, -0.2) is 17.9 Å². The first-order valence-electron chi connectivity index (χ1n) is 6.63. The Hall–Kier alpha value is -2.40. The molecule has 2 aromatic carbocycles. The largest absolute Gasteiger partial charge is 0.335 e. The number of hydrogen-bond acceptors (Lipinski definition) is 3. The van der Waals surface area contributed by atoms with E-state index in [1.165, 1.54) is 11.0 Å². The summed E-state index contributed by atoms with van der Waals surface area (Å²) in [7, 11) is 1.66. The van der Waals surface area contributed by atoms with Crippen LogP contribution in [0.15, 0.2) is 48.5 Å². The van der Waals surface area contributed by atoms with Crippen molar-refractivity contribution in [2.45, 2.75) is 13.0 Å². The fourth-order valence-corrected chi connectivity index (χ4v) is 2.11. The predicted octanol–water partition coefficient (Wildman–Crippen LogP) is 2.94. The van der Waals surface area contributed by atoms with E-state index in [4.69, 9.17) is 5.84 Å². The van der Waals surface area contributed by atoms with Crippen molar-refractivity contribution < 1.29 is 9.18 Å². The van der Waals surface area contributed by atoms with Gasteiger partial charge in [-0.1, -0.05) is 18.2 Å². The summed E-state index contributed by atoms with van der Waals surface area (Å²) >= 11 is 0. The Morgan fingerprint density at radius 3 is 2.38 bits per heavy atom. The van der Waals surface area contributed by atoms with Crippen molar-refractivity contribution in [1.29, 1.82) is 0 Å². The number of nitrogen functional groups attached to an aromatic ring is 1. The van der Waals surface area contributed by atoms with Gasteiger partial charge in [0.05, 0.1) is 6.04 Å². The van der Waals surface area contributed by atoms with Crippen LogP contribution in [0.4, 0.5) is 10.1 Å². The highest BCUT2D eigenvalue weighted by Gasteiger charge is 2.20. The van der Waals surface area contributed by atoms with Gasteiger partial charge in [0.2, 0.25) is 0 Å². The summed E-state index contributed by atoms with van der Waals surface area (Å²) in [6.45, 7) is 1.80. The molecule has 1 atom stereocenters. The molecule has 0 saturated heterocycles. The van der Waals surface area contributed by atoms with Crippen LogP contribution < -0.4 is 11.3 Å². The highest BCUT2D eigenvalue weighted by Crippen LogP contribution is 2.23. The second kappa shape index (κ2) is 6.37. The first kappa shape index (κ1) is 15.0. The third-order valence-electron chi connectivity index (χ3n) is 3.56. The molecule has 0 fully saturated rings. The maximum Gasteiger partial charge on any atom is 0.254 e. The summed E-state index contributed by atoms with van der Waals surface area (Å²) in [6.07, 6.45) is 0. The Morgan fingerprint density at radius 1 is 1.19 bits per heavy atom. The molecule has 3 N–H and O–H groups in total. The molecule has 0 aliphatic carbocycles. The Labute approximate surface area is 123 Å². The Balaban J connectivity index is 2.20. The van der Waals surface area contributed by atoms with E-state index in [9.17, 15) is 9.18 Å². The van der Waals surface area contributed by atoms with Crippen LogP contribution in [0.3, 0.4) is 0 Å². The van der Waals surface area contributed by atoms with Crippen molar-refractivity contribution in [1.82, 2.24) is 4.90 Å². The quantitative estimate of drug-likeness (QED) is 0.671. The monoisotopic (exact) mass is 287 g/mol. The van der Waals surface area contributed by atoms with E-state index in [-0.39, 0.29) is 17.8 Å². The number of hydrogen-bond donors (Lipinski definition) is 2. The summed E-state index contributed by atoms with van der Waals surface area (Å²) in [6, 6.07) is 12.9. The summed E-state index contributed by atoms with van der Waals surface area (Å²) in [5, 5.41) is 0. The summed E-state index contributed by atoms with van der Waals surface area (Å²) < 4.78 is 13.8. The highest BCUT2D eigenvalue weighted by molar-refractivity contribution is 5.94. The van der Waals surface area contributed by atoms with Crippen molar-refractivity contribution in [2.75, 3.05) is 12.5 Å². The van der Waals surface area contributed by atoms with E-state index < -0.39 is 0 Å². The van der Waals surface area contributed by atoms with Gasteiger partial charge < -0.3 is 10.3 Å². The summed E-state index contributed by atoms with van der Waals surface area (Å²) in [5.41, 5.74) is 4.24.